The number of ether oxygens (including phenoxy) is 2. The SMILES string of the molecule is COc1ncccc1Oc1ncc(Br)cn1. The molecular formula is C10H8BrN3O2. The Kier molecular flexibility index (Phi) is 3.31. The first-order chi connectivity index (χ1) is 7.79. The monoisotopic (exact) mass is 281 g/mol. The van der Waals surface area contributed by atoms with Gasteiger partial charge in [-0.2, -0.15) is 0 Å². The Balaban J connectivity index is 2.23. The zero-order valence-electron chi connectivity index (χ0n) is 8.42. The van der Waals surface area contributed by atoms with Crippen LogP contribution in [0.3, 0.4) is 0 Å². The normalized spacial score (nSPS) is 9.88. The summed E-state index contributed by atoms with van der Waals surface area (Å²) in [5.74, 6) is 0.876. The van der Waals surface area contributed by atoms with E-state index in [0.29, 0.717) is 11.6 Å². The molecule has 5 nitrogen and oxygen atoms in total. The smallest absolute Gasteiger partial charge is 0.322 e. The Morgan fingerprint density at radius 3 is 2.62 bits per heavy atom. The summed E-state index contributed by atoms with van der Waals surface area (Å²) >= 11 is 3.24. The molecule has 0 aliphatic rings. The lowest BCUT2D eigenvalue weighted by atomic mass is 10.4. The molecule has 0 aliphatic carbocycles. The Bertz CT molecular complexity index is 476. The van der Waals surface area contributed by atoms with Gasteiger partial charge in [-0.1, -0.05) is 0 Å². The fourth-order valence-corrected chi connectivity index (χ4v) is 1.26. The molecule has 0 bridgehead atoms. The average molecular weight is 282 g/mol. The van der Waals surface area contributed by atoms with E-state index in [1.165, 1.54) is 7.11 Å². The van der Waals surface area contributed by atoms with E-state index < -0.39 is 0 Å². The first-order valence-corrected chi connectivity index (χ1v) is 5.23. The van der Waals surface area contributed by atoms with Crippen LogP contribution in [0.15, 0.2) is 35.2 Å². The topological polar surface area (TPSA) is 57.1 Å². The molecule has 2 rings (SSSR count). The van der Waals surface area contributed by atoms with Gasteiger partial charge >= 0.3 is 6.01 Å². The van der Waals surface area contributed by atoms with E-state index in [0.717, 1.165) is 4.47 Å². The molecule has 0 spiro atoms. The predicted octanol–water partition coefficient (Wildman–Crippen LogP) is 2.44. The van der Waals surface area contributed by atoms with Gasteiger partial charge in [0, 0.05) is 18.6 Å². The van der Waals surface area contributed by atoms with Crippen molar-refractivity contribution in [3.63, 3.8) is 0 Å². The van der Waals surface area contributed by atoms with Gasteiger partial charge in [-0.05, 0) is 28.1 Å². The van der Waals surface area contributed by atoms with Crippen LogP contribution in [0.4, 0.5) is 0 Å². The van der Waals surface area contributed by atoms with Gasteiger partial charge in [-0.3, -0.25) is 0 Å². The Morgan fingerprint density at radius 1 is 1.19 bits per heavy atom. The lowest BCUT2D eigenvalue weighted by Gasteiger charge is -2.06. The lowest BCUT2D eigenvalue weighted by molar-refractivity contribution is 0.354. The van der Waals surface area contributed by atoms with E-state index in [4.69, 9.17) is 9.47 Å². The second-order valence-corrected chi connectivity index (χ2v) is 3.71. The molecular weight excluding hydrogens is 274 g/mol. The van der Waals surface area contributed by atoms with Gasteiger partial charge in [-0.15, -0.1) is 0 Å². The van der Waals surface area contributed by atoms with Crippen LogP contribution in [0.2, 0.25) is 0 Å². The van der Waals surface area contributed by atoms with E-state index in [1.54, 1.807) is 30.7 Å². The quantitative estimate of drug-likeness (QED) is 0.865. The zero-order chi connectivity index (χ0) is 11.4. The fraction of sp³-hybridized carbons (Fsp3) is 0.100. The molecule has 6 heteroatoms. The second-order valence-electron chi connectivity index (χ2n) is 2.80. The zero-order valence-corrected chi connectivity index (χ0v) is 10.0. The van der Waals surface area contributed by atoms with Crippen molar-refractivity contribution in [1.29, 1.82) is 0 Å². The molecule has 2 aromatic heterocycles. The number of hydrogen-bond donors (Lipinski definition) is 0. The third-order valence-corrected chi connectivity index (χ3v) is 2.14. The molecule has 2 heterocycles. The van der Waals surface area contributed by atoms with Gasteiger partial charge in [0.15, 0.2) is 5.75 Å². The third kappa shape index (κ3) is 2.46. The van der Waals surface area contributed by atoms with Crippen LogP contribution in [0.5, 0.6) is 17.6 Å². The van der Waals surface area contributed by atoms with Gasteiger partial charge in [0.25, 0.3) is 5.88 Å². The van der Waals surface area contributed by atoms with E-state index in [-0.39, 0.29) is 6.01 Å². The average Bonchev–Trinajstić information content (AvgIpc) is 2.33. The van der Waals surface area contributed by atoms with E-state index >= 15 is 0 Å². The van der Waals surface area contributed by atoms with Crippen molar-refractivity contribution in [2.75, 3.05) is 7.11 Å². The molecule has 2 aromatic rings. The van der Waals surface area contributed by atoms with Gasteiger partial charge in [0.05, 0.1) is 11.6 Å². The van der Waals surface area contributed by atoms with Gasteiger partial charge in [0.2, 0.25) is 0 Å². The summed E-state index contributed by atoms with van der Waals surface area (Å²) in [6, 6.07) is 3.73. The lowest BCUT2D eigenvalue weighted by Crippen LogP contribution is -1.95. The number of pyridine rings is 1. The standard InChI is InChI=1S/C10H8BrN3O2/c1-15-9-8(3-2-4-12-9)16-10-13-5-7(11)6-14-10/h2-6H,1H3. The Morgan fingerprint density at radius 2 is 1.94 bits per heavy atom. The van der Waals surface area contributed by atoms with Crippen molar-refractivity contribution in [3.8, 4) is 17.6 Å². The molecule has 0 amide bonds. The summed E-state index contributed by atoms with van der Waals surface area (Å²) in [5.41, 5.74) is 0. The Hall–Kier alpha value is -1.69. The van der Waals surface area contributed by atoms with Crippen molar-refractivity contribution >= 4 is 15.9 Å². The molecule has 0 fully saturated rings. The molecule has 0 atom stereocenters. The van der Waals surface area contributed by atoms with Crippen LogP contribution >= 0.6 is 15.9 Å². The highest BCUT2D eigenvalue weighted by atomic mass is 79.9. The Labute approximate surface area is 101 Å². The number of rotatable bonds is 3. The molecule has 0 aromatic carbocycles. The molecule has 0 N–H and O–H groups in total. The number of nitrogens with zero attached hydrogens (tertiary/aromatic N) is 3. The van der Waals surface area contributed by atoms with Crippen LogP contribution in [0.1, 0.15) is 0 Å². The van der Waals surface area contributed by atoms with Crippen LogP contribution in [-0.4, -0.2) is 22.1 Å². The van der Waals surface area contributed by atoms with Crippen molar-refractivity contribution in [3.05, 3.63) is 35.2 Å². The van der Waals surface area contributed by atoms with Crippen molar-refractivity contribution in [2.24, 2.45) is 0 Å². The number of aromatic nitrogens is 3. The molecule has 82 valence electrons. The van der Waals surface area contributed by atoms with Crippen LogP contribution < -0.4 is 9.47 Å². The first-order valence-electron chi connectivity index (χ1n) is 4.44. The third-order valence-electron chi connectivity index (χ3n) is 1.73. The minimum atomic E-state index is 0.245. The van der Waals surface area contributed by atoms with Gasteiger partial charge in [-0.25, -0.2) is 15.0 Å². The number of hydrogen-bond acceptors (Lipinski definition) is 5. The van der Waals surface area contributed by atoms with E-state index in [1.807, 2.05) is 0 Å². The molecule has 0 saturated carbocycles. The van der Waals surface area contributed by atoms with Crippen LogP contribution in [-0.2, 0) is 0 Å². The van der Waals surface area contributed by atoms with E-state index in [9.17, 15) is 0 Å². The van der Waals surface area contributed by atoms with Gasteiger partial charge < -0.3 is 9.47 Å². The fourth-order valence-electron chi connectivity index (χ4n) is 1.06. The minimum Gasteiger partial charge on any atom is -0.478 e. The van der Waals surface area contributed by atoms with Crippen LogP contribution in [0.25, 0.3) is 0 Å². The summed E-state index contributed by atoms with van der Waals surface area (Å²) < 4.78 is 11.3. The maximum absolute atomic E-state index is 5.42. The largest absolute Gasteiger partial charge is 0.478 e. The van der Waals surface area contributed by atoms with Gasteiger partial charge in [0.1, 0.15) is 0 Å². The highest BCUT2D eigenvalue weighted by Gasteiger charge is 2.07. The van der Waals surface area contributed by atoms with Crippen molar-refractivity contribution in [2.45, 2.75) is 0 Å². The summed E-state index contributed by atoms with van der Waals surface area (Å²) in [7, 11) is 1.53. The summed E-state index contributed by atoms with van der Waals surface area (Å²) in [4.78, 5) is 12.0. The number of halogens is 1. The molecule has 0 aliphatic heterocycles. The summed E-state index contributed by atoms with van der Waals surface area (Å²) in [6.07, 6.45) is 4.82. The highest BCUT2D eigenvalue weighted by molar-refractivity contribution is 9.10. The number of methoxy groups -OCH3 is 1. The van der Waals surface area contributed by atoms with E-state index in [2.05, 4.69) is 30.9 Å². The maximum atomic E-state index is 5.42. The molecule has 0 radical (unpaired) electrons. The predicted molar refractivity (Wildman–Crippen MR) is 60.6 cm³/mol. The summed E-state index contributed by atoms with van der Waals surface area (Å²) in [6.45, 7) is 0. The summed E-state index contributed by atoms with van der Waals surface area (Å²) in [5, 5.41) is 0. The van der Waals surface area contributed by atoms with Crippen molar-refractivity contribution < 1.29 is 9.47 Å². The van der Waals surface area contributed by atoms with Crippen LogP contribution in [0, 0.1) is 0 Å². The maximum Gasteiger partial charge on any atom is 0.322 e. The van der Waals surface area contributed by atoms with Crippen molar-refractivity contribution in [1.82, 2.24) is 15.0 Å². The molecule has 0 unspecified atom stereocenters. The molecule has 0 saturated heterocycles. The second kappa shape index (κ2) is 4.89. The molecule has 16 heavy (non-hydrogen) atoms. The first kappa shape index (κ1) is 10.8. The highest BCUT2D eigenvalue weighted by Crippen LogP contribution is 2.26. The minimum absolute atomic E-state index is 0.245.